The quantitative estimate of drug-likeness (QED) is 0.739. The van der Waals surface area contributed by atoms with E-state index in [2.05, 4.69) is 29.2 Å². The summed E-state index contributed by atoms with van der Waals surface area (Å²) in [5.74, 6) is 4.15. The lowest BCUT2D eigenvalue weighted by atomic mass is 9.98. The second-order valence-corrected chi connectivity index (χ2v) is 8.80. The Hall–Kier alpha value is -1.92. The maximum absolute atomic E-state index is 12.5. The standard InChI is InChI=1S/C22H28N2O3S/c25-22(21-4-2-12-26-21)24-9-1-3-19(16-24)17-27-20-7-5-18(6-8-20)15-23-10-13-28-14-11-23/h2,4-8,12,19H,1,3,9-11,13-17H2/t19-/m1/s1. The van der Waals surface area contributed by atoms with E-state index in [4.69, 9.17) is 9.15 Å². The summed E-state index contributed by atoms with van der Waals surface area (Å²) in [5.41, 5.74) is 1.34. The molecule has 2 fully saturated rings. The van der Waals surface area contributed by atoms with Crippen molar-refractivity contribution in [3.8, 4) is 5.75 Å². The van der Waals surface area contributed by atoms with E-state index < -0.39 is 0 Å². The Morgan fingerprint density at radius 2 is 1.96 bits per heavy atom. The summed E-state index contributed by atoms with van der Waals surface area (Å²) in [6, 6.07) is 12.0. The first-order valence-corrected chi connectivity index (χ1v) is 11.3. The Morgan fingerprint density at radius 1 is 1.14 bits per heavy atom. The Kier molecular flexibility index (Phi) is 6.60. The number of piperidine rings is 1. The minimum Gasteiger partial charge on any atom is -0.493 e. The number of hydrogen-bond acceptors (Lipinski definition) is 5. The van der Waals surface area contributed by atoms with Crippen molar-refractivity contribution in [3.05, 3.63) is 54.0 Å². The first-order valence-electron chi connectivity index (χ1n) is 10.1. The molecule has 2 aliphatic heterocycles. The zero-order chi connectivity index (χ0) is 19.2. The number of benzene rings is 1. The number of furan rings is 1. The van der Waals surface area contributed by atoms with E-state index in [1.807, 2.05) is 16.7 Å². The highest BCUT2D eigenvalue weighted by atomic mass is 32.2. The van der Waals surface area contributed by atoms with Gasteiger partial charge >= 0.3 is 0 Å². The zero-order valence-electron chi connectivity index (χ0n) is 16.2. The van der Waals surface area contributed by atoms with Gasteiger partial charge in [-0.15, -0.1) is 0 Å². The molecule has 6 heteroatoms. The normalized spacial score (nSPS) is 20.9. The Bertz CT molecular complexity index is 742. The molecule has 4 rings (SSSR count). The van der Waals surface area contributed by atoms with Crippen LogP contribution in [0, 0.1) is 5.92 Å². The van der Waals surface area contributed by atoms with Crippen LogP contribution in [-0.4, -0.2) is 60.0 Å². The molecule has 1 aromatic heterocycles. The highest BCUT2D eigenvalue weighted by molar-refractivity contribution is 7.99. The van der Waals surface area contributed by atoms with E-state index in [1.54, 1.807) is 18.4 Å². The summed E-state index contributed by atoms with van der Waals surface area (Å²) in [6.45, 7) is 5.54. The molecule has 150 valence electrons. The molecule has 2 aliphatic rings. The molecule has 1 aromatic carbocycles. The van der Waals surface area contributed by atoms with Crippen LogP contribution >= 0.6 is 11.8 Å². The molecule has 0 saturated carbocycles. The van der Waals surface area contributed by atoms with Crippen LogP contribution in [-0.2, 0) is 6.54 Å². The summed E-state index contributed by atoms with van der Waals surface area (Å²) >= 11 is 2.04. The number of carbonyl (C=O) groups excluding carboxylic acids is 1. The molecule has 1 amide bonds. The third-order valence-corrected chi connectivity index (χ3v) is 6.40. The molecule has 0 unspecified atom stereocenters. The monoisotopic (exact) mass is 400 g/mol. The van der Waals surface area contributed by atoms with E-state index in [1.165, 1.54) is 30.2 Å². The van der Waals surface area contributed by atoms with Crippen molar-refractivity contribution in [1.29, 1.82) is 0 Å². The fraction of sp³-hybridized carbons (Fsp3) is 0.500. The molecule has 3 heterocycles. The Morgan fingerprint density at radius 3 is 2.71 bits per heavy atom. The topological polar surface area (TPSA) is 45.9 Å². The fourth-order valence-corrected chi connectivity index (χ4v) is 4.84. The Labute approximate surface area is 171 Å². The van der Waals surface area contributed by atoms with Crippen molar-refractivity contribution < 1.29 is 13.9 Å². The maximum atomic E-state index is 12.5. The highest BCUT2D eigenvalue weighted by Crippen LogP contribution is 2.21. The summed E-state index contributed by atoms with van der Waals surface area (Å²) in [5, 5.41) is 0. The molecule has 2 saturated heterocycles. The molecular weight excluding hydrogens is 372 g/mol. The van der Waals surface area contributed by atoms with Crippen molar-refractivity contribution >= 4 is 17.7 Å². The van der Waals surface area contributed by atoms with Crippen LogP contribution in [0.3, 0.4) is 0 Å². The number of hydrogen-bond donors (Lipinski definition) is 0. The van der Waals surface area contributed by atoms with Gasteiger partial charge in [-0.2, -0.15) is 11.8 Å². The lowest BCUT2D eigenvalue weighted by molar-refractivity contribution is 0.0602. The van der Waals surface area contributed by atoms with E-state index in [9.17, 15) is 4.79 Å². The summed E-state index contributed by atoms with van der Waals surface area (Å²) in [6.07, 6.45) is 3.65. The lowest BCUT2D eigenvalue weighted by Gasteiger charge is -2.32. The van der Waals surface area contributed by atoms with E-state index in [0.29, 0.717) is 18.3 Å². The fourth-order valence-electron chi connectivity index (χ4n) is 3.86. The minimum atomic E-state index is -0.0184. The molecule has 28 heavy (non-hydrogen) atoms. The third-order valence-electron chi connectivity index (χ3n) is 5.46. The van der Waals surface area contributed by atoms with Gasteiger partial charge in [-0.1, -0.05) is 12.1 Å². The molecule has 2 aromatic rings. The summed E-state index contributed by atoms with van der Waals surface area (Å²) in [4.78, 5) is 16.9. The highest BCUT2D eigenvalue weighted by Gasteiger charge is 2.26. The van der Waals surface area contributed by atoms with E-state index in [-0.39, 0.29) is 5.91 Å². The van der Waals surface area contributed by atoms with Crippen LogP contribution in [0.4, 0.5) is 0 Å². The lowest BCUT2D eigenvalue weighted by Crippen LogP contribution is -2.41. The first kappa shape index (κ1) is 19.4. The van der Waals surface area contributed by atoms with Gasteiger partial charge in [-0.25, -0.2) is 0 Å². The van der Waals surface area contributed by atoms with Crippen LogP contribution in [0.5, 0.6) is 5.75 Å². The molecule has 0 bridgehead atoms. The molecule has 0 spiro atoms. The van der Waals surface area contributed by atoms with Gasteiger partial charge in [0.25, 0.3) is 5.91 Å². The van der Waals surface area contributed by atoms with Gasteiger partial charge in [0.15, 0.2) is 5.76 Å². The number of likely N-dealkylation sites (tertiary alicyclic amines) is 1. The maximum Gasteiger partial charge on any atom is 0.289 e. The van der Waals surface area contributed by atoms with Crippen LogP contribution in [0.15, 0.2) is 47.1 Å². The Balaban J connectivity index is 1.25. The second-order valence-electron chi connectivity index (χ2n) is 7.58. The number of ether oxygens (including phenoxy) is 1. The van der Waals surface area contributed by atoms with Gasteiger partial charge in [0.2, 0.25) is 0 Å². The SMILES string of the molecule is O=C(c1ccco1)N1CCC[C@@H](COc2ccc(CN3CCSCC3)cc2)C1. The van der Waals surface area contributed by atoms with Crippen molar-refractivity contribution in [2.75, 3.05) is 44.3 Å². The van der Waals surface area contributed by atoms with Gasteiger partial charge < -0.3 is 14.1 Å². The number of rotatable bonds is 6. The molecule has 1 atom stereocenters. The van der Waals surface area contributed by atoms with Crippen molar-refractivity contribution in [1.82, 2.24) is 9.80 Å². The van der Waals surface area contributed by atoms with Gasteiger partial charge in [0.05, 0.1) is 12.9 Å². The molecular formula is C22H28N2O3S. The summed E-state index contributed by atoms with van der Waals surface area (Å²) < 4.78 is 11.3. The van der Waals surface area contributed by atoms with Crippen LogP contribution < -0.4 is 4.74 Å². The number of nitrogens with zero attached hydrogens (tertiary/aromatic N) is 2. The number of amides is 1. The average Bonchev–Trinajstić information content (AvgIpc) is 3.29. The van der Waals surface area contributed by atoms with Crippen LogP contribution in [0.1, 0.15) is 29.0 Å². The predicted molar refractivity (Wildman–Crippen MR) is 112 cm³/mol. The van der Waals surface area contributed by atoms with Gasteiger partial charge in [0.1, 0.15) is 5.75 Å². The van der Waals surface area contributed by atoms with Crippen LogP contribution in [0.2, 0.25) is 0 Å². The smallest absolute Gasteiger partial charge is 0.289 e. The molecule has 0 aliphatic carbocycles. The summed E-state index contributed by atoms with van der Waals surface area (Å²) in [7, 11) is 0. The van der Waals surface area contributed by atoms with Gasteiger partial charge in [0, 0.05) is 50.1 Å². The minimum absolute atomic E-state index is 0.0184. The van der Waals surface area contributed by atoms with E-state index >= 15 is 0 Å². The van der Waals surface area contributed by atoms with Crippen LogP contribution in [0.25, 0.3) is 0 Å². The number of thioether (sulfide) groups is 1. The average molecular weight is 401 g/mol. The second kappa shape index (κ2) is 9.52. The predicted octanol–water partition coefficient (Wildman–Crippen LogP) is 3.76. The van der Waals surface area contributed by atoms with Gasteiger partial charge in [-0.05, 0) is 42.7 Å². The zero-order valence-corrected chi connectivity index (χ0v) is 17.0. The molecule has 5 nitrogen and oxygen atoms in total. The van der Waals surface area contributed by atoms with Gasteiger partial charge in [-0.3, -0.25) is 9.69 Å². The third kappa shape index (κ3) is 5.11. The van der Waals surface area contributed by atoms with Crippen molar-refractivity contribution in [3.63, 3.8) is 0 Å². The van der Waals surface area contributed by atoms with Crippen molar-refractivity contribution in [2.24, 2.45) is 5.92 Å². The first-order chi connectivity index (χ1) is 13.8. The molecule has 0 N–H and O–H groups in total. The van der Waals surface area contributed by atoms with Crippen molar-refractivity contribution in [2.45, 2.75) is 19.4 Å². The number of carbonyl (C=O) groups is 1. The van der Waals surface area contributed by atoms with E-state index in [0.717, 1.165) is 38.2 Å². The molecule has 0 radical (unpaired) electrons. The largest absolute Gasteiger partial charge is 0.493 e.